The van der Waals surface area contributed by atoms with E-state index in [0.29, 0.717) is 17.1 Å². The Bertz CT molecular complexity index is 516. The van der Waals surface area contributed by atoms with E-state index in [1.54, 1.807) is 12.4 Å². The van der Waals surface area contributed by atoms with Crippen LogP contribution in [0.5, 0.6) is 0 Å². The van der Waals surface area contributed by atoms with Crippen LogP contribution in [0.2, 0.25) is 0 Å². The van der Waals surface area contributed by atoms with Crippen molar-refractivity contribution in [1.29, 1.82) is 0 Å². The molecular weight excluding hydrogens is 178 g/mol. The first-order valence-electron chi connectivity index (χ1n) is 4.53. The number of aromatic amines is 1. The third-order valence-corrected chi connectivity index (χ3v) is 2.07. The maximum Gasteiger partial charge on any atom is 0.209 e. The second-order valence-electron chi connectivity index (χ2n) is 3.49. The van der Waals surface area contributed by atoms with E-state index >= 15 is 0 Å². The fourth-order valence-electron chi connectivity index (χ4n) is 1.24. The molecule has 2 heterocycles. The van der Waals surface area contributed by atoms with E-state index in [1.165, 1.54) is 6.07 Å². The second-order valence-corrected chi connectivity index (χ2v) is 3.49. The van der Waals surface area contributed by atoms with Gasteiger partial charge in [-0.05, 0) is 5.92 Å². The topological polar surface area (TPSA) is 58.6 Å². The summed E-state index contributed by atoms with van der Waals surface area (Å²) in [6.45, 7) is 4.08. The molecule has 0 fully saturated rings. The van der Waals surface area contributed by atoms with Crippen LogP contribution in [-0.2, 0) is 0 Å². The number of nitrogens with zero attached hydrogens (tertiary/aromatic N) is 2. The Balaban J connectivity index is 2.74. The average molecular weight is 189 g/mol. The zero-order valence-electron chi connectivity index (χ0n) is 8.11. The van der Waals surface area contributed by atoms with Crippen molar-refractivity contribution in [2.75, 3.05) is 0 Å². The molecule has 1 N–H and O–H groups in total. The van der Waals surface area contributed by atoms with E-state index in [0.717, 1.165) is 5.69 Å². The molecule has 0 aromatic carbocycles. The third-order valence-electron chi connectivity index (χ3n) is 2.07. The lowest BCUT2D eigenvalue weighted by Gasteiger charge is -2.03. The zero-order valence-corrected chi connectivity index (χ0v) is 8.11. The van der Waals surface area contributed by atoms with E-state index in [2.05, 4.69) is 15.0 Å². The smallest absolute Gasteiger partial charge is 0.209 e. The van der Waals surface area contributed by atoms with Gasteiger partial charge >= 0.3 is 0 Å². The van der Waals surface area contributed by atoms with Gasteiger partial charge in [-0.15, -0.1) is 0 Å². The van der Waals surface area contributed by atoms with Crippen LogP contribution in [0, 0.1) is 0 Å². The molecule has 2 rings (SSSR count). The second kappa shape index (κ2) is 3.21. The molecule has 72 valence electrons. The van der Waals surface area contributed by atoms with Crippen molar-refractivity contribution in [2.45, 2.75) is 19.8 Å². The minimum absolute atomic E-state index is 0.0958. The molecule has 14 heavy (non-hydrogen) atoms. The van der Waals surface area contributed by atoms with Crippen LogP contribution in [0.3, 0.4) is 0 Å². The third kappa shape index (κ3) is 1.39. The Morgan fingerprint density at radius 2 is 2.21 bits per heavy atom. The molecule has 0 spiro atoms. The molecule has 2 aromatic rings. The molecule has 0 saturated carbocycles. The molecule has 2 aromatic heterocycles. The number of rotatable bonds is 1. The zero-order chi connectivity index (χ0) is 10.1. The predicted molar refractivity (Wildman–Crippen MR) is 54.2 cm³/mol. The number of aromatic nitrogens is 3. The fraction of sp³-hybridized carbons (Fsp3) is 0.300. The summed E-state index contributed by atoms with van der Waals surface area (Å²) in [7, 11) is 0. The number of H-pyrrole nitrogens is 1. The van der Waals surface area contributed by atoms with Crippen LogP contribution >= 0.6 is 0 Å². The Morgan fingerprint density at radius 1 is 1.43 bits per heavy atom. The molecule has 0 aliphatic carbocycles. The minimum atomic E-state index is -0.0958. The number of pyridine rings is 1. The van der Waals surface area contributed by atoms with Crippen molar-refractivity contribution in [3.8, 4) is 0 Å². The van der Waals surface area contributed by atoms with Crippen LogP contribution < -0.4 is 5.43 Å². The molecule has 0 saturated heterocycles. The number of fused-ring (bicyclic) bond motifs is 1. The maximum atomic E-state index is 11.3. The van der Waals surface area contributed by atoms with Gasteiger partial charge in [-0.2, -0.15) is 0 Å². The summed E-state index contributed by atoms with van der Waals surface area (Å²) >= 11 is 0. The monoisotopic (exact) mass is 189 g/mol. The van der Waals surface area contributed by atoms with E-state index in [1.807, 2.05) is 13.8 Å². The Labute approximate surface area is 81.0 Å². The highest BCUT2D eigenvalue weighted by Gasteiger charge is 2.05. The summed E-state index contributed by atoms with van der Waals surface area (Å²) in [5.74, 6) is 0.315. The summed E-state index contributed by atoms with van der Waals surface area (Å²) in [4.78, 5) is 22.7. The predicted octanol–water partition coefficient (Wildman–Crippen LogP) is 1.44. The van der Waals surface area contributed by atoms with Crippen LogP contribution in [0.1, 0.15) is 25.5 Å². The molecule has 0 radical (unpaired) electrons. The molecule has 0 unspecified atom stereocenters. The van der Waals surface area contributed by atoms with E-state index in [4.69, 9.17) is 0 Å². The highest BCUT2D eigenvalue weighted by atomic mass is 16.1. The van der Waals surface area contributed by atoms with Gasteiger partial charge in [0.25, 0.3) is 0 Å². The van der Waals surface area contributed by atoms with Crippen molar-refractivity contribution in [3.05, 3.63) is 34.4 Å². The number of hydrogen-bond acceptors (Lipinski definition) is 3. The maximum absolute atomic E-state index is 11.3. The van der Waals surface area contributed by atoms with Gasteiger partial charge in [-0.25, -0.2) is 9.97 Å². The standard InChI is InChI=1S/C10H11N3O/c1-6(2)7-5-12-9-8(14)3-4-11-10(9)13-7/h3-6H,1-2H3,(H,11,13,14). The minimum Gasteiger partial charge on any atom is -0.345 e. The number of hydrogen-bond donors (Lipinski definition) is 1. The average Bonchev–Trinajstić information content (AvgIpc) is 2.17. The van der Waals surface area contributed by atoms with Gasteiger partial charge < -0.3 is 4.98 Å². The van der Waals surface area contributed by atoms with Crippen molar-refractivity contribution < 1.29 is 0 Å². The Morgan fingerprint density at radius 3 is 2.93 bits per heavy atom. The first kappa shape index (κ1) is 8.87. The molecule has 4 heteroatoms. The van der Waals surface area contributed by atoms with Gasteiger partial charge in [0, 0.05) is 18.5 Å². The Hall–Kier alpha value is -1.71. The summed E-state index contributed by atoms with van der Waals surface area (Å²) in [6, 6.07) is 1.45. The molecule has 0 atom stereocenters. The molecular formula is C10H11N3O. The van der Waals surface area contributed by atoms with Crippen LogP contribution in [0.4, 0.5) is 0 Å². The molecule has 0 aliphatic rings. The summed E-state index contributed by atoms with van der Waals surface area (Å²) in [6.07, 6.45) is 3.24. The fourth-order valence-corrected chi connectivity index (χ4v) is 1.24. The largest absolute Gasteiger partial charge is 0.345 e. The molecule has 4 nitrogen and oxygen atoms in total. The van der Waals surface area contributed by atoms with Gasteiger partial charge in [0.15, 0.2) is 11.2 Å². The first-order valence-corrected chi connectivity index (χ1v) is 4.53. The van der Waals surface area contributed by atoms with Crippen molar-refractivity contribution in [2.24, 2.45) is 0 Å². The SMILES string of the molecule is CC(C)c1cnc2c(=O)cc[nH]c2n1. The van der Waals surface area contributed by atoms with Crippen LogP contribution in [-0.4, -0.2) is 15.0 Å². The lowest BCUT2D eigenvalue weighted by Crippen LogP contribution is -2.05. The highest BCUT2D eigenvalue weighted by molar-refractivity contribution is 5.68. The van der Waals surface area contributed by atoms with E-state index < -0.39 is 0 Å². The van der Waals surface area contributed by atoms with Crippen LogP contribution in [0.15, 0.2) is 23.3 Å². The lowest BCUT2D eigenvalue weighted by atomic mass is 10.1. The van der Waals surface area contributed by atoms with Gasteiger partial charge in [0.1, 0.15) is 0 Å². The summed E-state index contributed by atoms with van der Waals surface area (Å²) < 4.78 is 0. The van der Waals surface area contributed by atoms with Crippen molar-refractivity contribution >= 4 is 11.2 Å². The summed E-state index contributed by atoms with van der Waals surface area (Å²) in [5, 5.41) is 0. The lowest BCUT2D eigenvalue weighted by molar-refractivity contribution is 0.819. The summed E-state index contributed by atoms with van der Waals surface area (Å²) in [5.41, 5.74) is 1.75. The van der Waals surface area contributed by atoms with Gasteiger partial charge in [-0.1, -0.05) is 13.8 Å². The van der Waals surface area contributed by atoms with Crippen LogP contribution in [0.25, 0.3) is 11.2 Å². The highest BCUT2D eigenvalue weighted by Crippen LogP contribution is 2.11. The normalized spacial score (nSPS) is 11.1. The molecule has 0 amide bonds. The molecule has 0 bridgehead atoms. The Kier molecular flexibility index (Phi) is 2.04. The van der Waals surface area contributed by atoms with Gasteiger partial charge in [0.2, 0.25) is 5.43 Å². The van der Waals surface area contributed by atoms with Gasteiger partial charge in [-0.3, -0.25) is 4.79 Å². The van der Waals surface area contributed by atoms with Crippen molar-refractivity contribution in [1.82, 2.24) is 15.0 Å². The quantitative estimate of drug-likeness (QED) is 0.738. The van der Waals surface area contributed by atoms with Gasteiger partial charge in [0.05, 0.1) is 5.69 Å². The first-order chi connectivity index (χ1) is 6.68. The number of nitrogens with one attached hydrogen (secondary N) is 1. The van der Waals surface area contributed by atoms with E-state index in [9.17, 15) is 4.79 Å². The van der Waals surface area contributed by atoms with E-state index in [-0.39, 0.29) is 5.43 Å². The molecule has 0 aliphatic heterocycles. The van der Waals surface area contributed by atoms with Crippen molar-refractivity contribution in [3.63, 3.8) is 0 Å².